The fourth-order valence-corrected chi connectivity index (χ4v) is 4.41. The van der Waals surface area contributed by atoms with Crippen LogP contribution in [0.5, 0.6) is 0 Å². The first kappa shape index (κ1) is 16.5. The molecule has 0 aromatic carbocycles. The van der Waals surface area contributed by atoms with E-state index in [0.717, 1.165) is 19.4 Å². The standard InChI is InChI=1S/C14H26N4O2S/c1-11-13(12(2)18(17-11)9-8-15-4)21(19,20)16-10-14(3)6-5-7-14/h15-16H,5-10H2,1-4H3. The first-order valence-corrected chi connectivity index (χ1v) is 8.96. The van der Waals surface area contributed by atoms with Crippen molar-refractivity contribution >= 4 is 10.0 Å². The van der Waals surface area contributed by atoms with E-state index in [4.69, 9.17) is 0 Å². The molecule has 1 aromatic heterocycles. The number of hydrogen-bond donors (Lipinski definition) is 2. The maximum absolute atomic E-state index is 12.6. The molecule has 0 saturated heterocycles. The van der Waals surface area contributed by atoms with Crippen molar-refractivity contribution in [3.63, 3.8) is 0 Å². The number of nitrogens with zero attached hydrogens (tertiary/aromatic N) is 2. The summed E-state index contributed by atoms with van der Waals surface area (Å²) in [6.07, 6.45) is 3.38. The van der Waals surface area contributed by atoms with Gasteiger partial charge in [0.1, 0.15) is 4.90 Å². The molecule has 2 N–H and O–H groups in total. The summed E-state index contributed by atoms with van der Waals surface area (Å²) in [6, 6.07) is 0. The summed E-state index contributed by atoms with van der Waals surface area (Å²) in [5.74, 6) is 0. The lowest BCUT2D eigenvalue weighted by atomic mass is 9.71. The topological polar surface area (TPSA) is 76.0 Å². The second kappa shape index (κ2) is 6.06. The van der Waals surface area contributed by atoms with E-state index in [2.05, 4.69) is 22.1 Å². The summed E-state index contributed by atoms with van der Waals surface area (Å²) >= 11 is 0. The Balaban J connectivity index is 2.17. The zero-order valence-electron chi connectivity index (χ0n) is 13.4. The van der Waals surface area contributed by atoms with Crippen molar-refractivity contribution in [2.45, 2.75) is 51.5 Å². The van der Waals surface area contributed by atoms with Gasteiger partial charge in [0.05, 0.1) is 17.9 Å². The van der Waals surface area contributed by atoms with Crippen LogP contribution in [0.1, 0.15) is 37.6 Å². The van der Waals surface area contributed by atoms with Crippen LogP contribution < -0.4 is 10.0 Å². The van der Waals surface area contributed by atoms with E-state index < -0.39 is 10.0 Å². The van der Waals surface area contributed by atoms with Gasteiger partial charge >= 0.3 is 0 Å². The average Bonchev–Trinajstić information content (AvgIpc) is 2.67. The van der Waals surface area contributed by atoms with Crippen molar-refractivity contribution in [2.24, 2.45) is 5.41 Å². The summed E-state index contributed by atoms with van der Waals surface area (Å²) in [5, 5.41) is 7.40. The van der Waals surface area contributed by atoms with Gasteiger partial charge in [-0.1, -0.05) is 13.3 Å². The van der Waals surface area contributed by atoms with Gasteiger partial charge in [-0.15, -0.1) is 0 Å². The summed E-state index contributed by atoms with van der Waals surface area (Å²) in [7, 11) is -1.62. The Morgan fingerprint density at radius 2 is 2.00 bits per heavy atom. The highest BCUT2D eigenvalue weighted by Gasteiger charge is 2.34. The molecule has 1 heterocycles. The number of aryl methyl sites for hydroxylation is 1. The lowest BCUT2D eigenvalue weighted by Gasteiger charge is -2.38. The van der Waals surface area contributed by atoms with Gasteiger partial charge < -0.3 is 5.32 Å². The maximum atomic E-state index is 12.6. The molecule has 1 aliphatic rings. The summed E-state index contributed by atoms with van der Waals surface area (Å²) < 4.78 is 29.7. The van der Waals surface area contributed by atoms with Gasteiger partial charge in [-0.2, -0.15) is 5.10 Å². The summed E-state index contributed by atoms with van der Waals surface area (Å²) in [5.41, 5.74) is 1.39. The lowest BCUT2D eigenvalue weighted by Crippen LogP contribution is -2.40. The molecule has 0 radical (unpaired) electrons. The SMILES string of the molecule is CNCCn1nc(C)c(S(=O)(=O)NCC2(C)CCC2)c1C. The first-order chi connectivity index (χ1) is 9.79. The van der Waals surface area contributed by atoms with Crippen LogP contribution in [-0.4, -0.2) is 38.3 Å². The number of nitrogens with one attached hydrogen (secondary N) is 2. The second-order valence-corrected chi connectivity index (χ2v) is 8.02. The zero-order valence-corrected chi connectivity index (χ0v) is 14.2. The van der Waals surface area contributed by atoms with Crippen LogP contribution >= 0.6 is 0 Å². The fourth-order valence-electron chi connectivity index (χ4n) is 2.80. The van der Waals surface area contributed by atoms with Crippen LogP contribution in [0, 0.1) is 19.3 Å². The fraction of sp³-hybridized carbons (Fsp3) is 0.786. The van der Waals surface area contributed by atoms with Gasteiger partial charge in [0.2, 0.25) is 10.0 Å². The Hall–Kier alpha value is -0.920. The van der Waals surface area contributed by atoms with Gasteiger partial charge in [-0.3, -0.25) is 4.68 Å². The maximum Gasteiger partial charge on any atom is 0.244 e. The normalized spacial score (nSPS) is 17.7. The highest BCUT2D eigenvalue weighted by atomic mass is 32.2. The predicted octanol–water partition coefficient (Wildman–Crippen LogP) is 1.19. The smallest absolute Gasteiger partial charge is 0.244 e. The average molecular weight is 314 g/mol. The van der Waals surface area contributed by atoms with Crippen molar-refractivity contribution in [2.75, 3.05) is 20.1 Å². The van der Waals surface area contributed by atoms with Gasteiger partial charge in [0, 0.05) is 13.1 Å². The Kier molecular flexibility index (Phi) is 4.75. The molecule has 0 bridgehead atoms. The van der Waals surface area contributed by atoms with Crippen molar-refractivity contribution in [1.82, 2.24) is 19.8 Å². The molecule has 1 aromatic rings. The molecule has 7 heteroatoms. The number of rotatable bonds is 7. The zero-order chi connectivity index (χ0) is 15.7. The molecule has 0 aliphatic heterocycles. The third-order valence-electron chi connectivity index (χ3n) is 4.41. The molecule has 2 rings (SSSR count). The largest absolute Gasteiger partial charge is 0.318 e. The third kappa shape index (κ3) is 3.46. The number of sulfonamides is 1. The first-order valence-electron chi connectivity index (χ1n) is 7.47. The van der Waals surface area contributed by atoms with E-state index in [1.54, 1.807) is 11.6 Å². The Morgan fingerprint density at radius 3 is 2.52 bits per heavy atom. The molecule has 120 valence electrons. The number of hydrogen-bond acceptors (Lipinski definition) is 4. The molecule has 0 unspecified atom stereocenters. The molecule has 21 heavy (non-hydrogen) atoms. The van der Waals surface area contributed by atoms with E-state index in [0.29, 0.717) is 29.4 Å². The minimum Gasteiger partial charge on any atom is -0.318 e. The van der Waals surface area contributed by atoms with Gasteiger partial charge in [-0.25, -0.2) is 13.1 Å². The highest BCUT2D eigenvalue weighted by Crippen LogP contribution is 2.39. The summed E-state index contributed by atoms with van der Waals surface area (Å²) in [6.45, 7) is 7.63. The summed E-state index contributed by atoms with van der Waals surface area (Å²) in [4.78, 5) is 0.335. The van der Waals surface area contributed by atoms with Gasteiger partial charge in [0.15, 0.2) is 0 Å². The molecule has 0 spiro atoms. The van der Waals surface area contributed by atoms with Crippen LogP contribution in [0.15, 0.2) is 4.90 Å². The number of likely N-dealkylation sites (N-methyl/N-ethyl adjacent to an activating group) is 1. The molecule has 1 aliphatic carbocycles. The lowest BCUT2D eigenvalue weighted by molar-refractivity contribution is 0.166. The minimum atomic E-state index is -3.49. The Labute approximate surface area is 127 Å². The number of aromatic nitrogens is 2. The Bertz CT molecular complexity index is 603. The Morgan fingerprint density at radius 1 is 1.33 bits per heavy atom. The molecule has 0 atom stereocenters. The quantitative estimate of drug-likeness (QED) is 0.792. The van der Waals surface area contributed by atoms with Crippen LogP contribution in [0.3, 0.4) is 0 Å². The monoisotopic (exact) mass is 314 g/mol. The van der Waals surface area contributed by atoms with Gasteiger partial charge in [0.25, 0.3) is 0 Å². The molecule has 0 amide bonds. The molecule has 1 fully saturated rings. The van der Waals surface area contributed by atoms with Crippen molar-refractivity contribution in [1.29, 1.82) is 0 Å². The highest BCUT2D eigenvalue weighted by molar-refractivity contribution is 7.89. The van der Waals surface area contributed by atoms with Crippen LogP contribution in [-0.2, 0) is 16.6 Å². The van der Waals surface area contributed by atoms with E-state index in [1.807, 2.05) is 14.0 Å². The molecule has 1 saturated carbocycles. The van der Waals surface area contributed by atoms with E-state index in [1.165, 1.54) is 6.42 Å². The van der Waals surface area contributed by atoms with Crippen molar-refractivity contribution in [3.8, 4) is 0 Å². The van der Waals surface area contributed by atoms with Crippen molar-refractivity contribution < 1.29 is 8.42 Å². The van der Waals surface area contributed by atoms with Gasteiger partial charge in [-0.05, 0) is 39.2 Å². The van der Waals surface area contributed by atoms with E-state index >= 15 is 0 Å². The van der Waals surface area contributed by atoms with Crippen LogP contribution in [0.4, 0.5) is 0 Å². The molecular formula is C14H26N4O2S. The van der Waals surface area contributed by atoms with Crippen LogP contribution in [0.25, 0.3) is 0 Å². The second-order valence-electron chi connectivity index (χ2n) is 6.32. The van der Waals surface area contributed by atoms with Crippen molar-refractivity contribution in [3.05, 3.63) is 11.4 Å². The molecule has 6 nitrogen and oxygen atoms in total. The predicted molar refractivity (Wildman–Crippen MR) is 82.8 cm³/mol. The van der Waals surface area contributed by atoms with E-state index in [9.17, 15) is 8.42 Å². The third-order valence-corrected chi connectivity index (χ3v) is 6.06. The minimum absolute atomic E-state index is 0.122. The molecular weight excluding hydrogens is 288 g/mol. The van der Waals surface area contributed by atoms with E-state index in [-0.39, 0.29) is 5.41 Å². The van der Waals surface area contributed by atoms with Crippen LogP contribution in [0.2, 0.25) is 0 Å².